The van der Waals surface area contributed by atoms with E-state index in [1.165, 1.54) is 0 Å². The molecule has 1 aromatic carbocycles. The Morgan fingerprint density at radius 2 is 1.79 bits per heavy atom. The van der Waals surface area contributed by atoms with Gasteiger partial charge in [0.1, 0.15) is 5.82 Å². The topological polar surface area (TPSA) is 52.6 Å². The summed E-state index contributed by atoms with van der Waals surface area (Å²) in [6.07, 6.45) is 2.52. The molecular weight excluding hydrogens is 350 g/mol. The zero-order valence-corrected chi connectivity index (χ0v) is 17.1. The van der Waals surface area contributed by atoms with Crippen LogP contribution in [0.4, 0.5) is 5.82 Å². The summed E-state index contributed by atoms with van der Waals surface area (Å²) in [5.41, 5.74) is 2.04. The third-order valence-electron chi connectivity index (χ3n) is 6.34. The van der Waals surface area contributed by atoms with Gasteiger partial charge in [0.15, 0.2) is 5.82 Å². The van der Waals surface area contributed by atoms with Crippen LogP contribution in [0.3, 0.4) is 0 Å². The number of piperazine rings is 1. The molecule has 0 bridgehead atoms. The highest BCUT2D eigenvalue weighted by atomic mass is 16.2. The number of carbonyl (C=O) groups is 1. The highest BCUT2D eigenvalue weighted by Gasteiger charge is 2.42. The summed E-state index contributed by atoms with van der Waals surface area (Å²) in [5.74, 6) is 2.02. The van der Waals surface area contributed by atoms with Crippen molar-refractivity contribution in [1.29, 1.82) is 0 Å². The molecule has 0 radical (unpaired) electrons. The average molecular weight is 380 g/mol. The monoisotopic (exact) mass is 379 g/mol. The van der Waals surface area contributed by atoms with Gasteiger partial charge >= 0.3 is 0 Å². The van der Waals surface area contributed by atoms with Gasteiger partial charge in [0, 0.05) is 62.5 Å². The van der Waals surface area contributed by atoms with E-state index in [1.54, 1.807) is 0 Å². The number of aromatic nitrogens is 2. The predicted molar refractivity (Wildman–Crippen MR) is 111 cm³/mol. The molecule has 2 aliphatic heterocycles. The summed E-state index contributed by atoms with van der Waals surface area (Å²) in [4.78, 5) is 28.5. The van der Waals surface area contributed by atoms with Crippen LogP contribution in [-0.2, 0) is 4.79 Å². The third-order valence-corrected chi connectivity index (χ3v) is 6.34. The van der Waals surface area contributed by atoms with Gasteiger partial charge in [-0.1, -0.05) is 30.3 Å². The van der Waals surface area contributed by atoms with Gasteiger partial charge in [-0.2, -0.15) is 0 Å². The normalized spacial score (nSPS) is 23.9. The second kappa shape index (κ2) is 7.51. The SMILES string of the molecule is Cc1cc(N2CCN(C)C3(CCC(=O)N(C)CC3)C2)nc(-c2ccccc2)n1. The summed E-state index contributed by atoms with van der Waals surface area (Å²) < 4.78 is 0. The van der Waals surface area contributed by atoms with E-state index in [0.717, 1.165) is 61.9 Å². The lowest BCUT2D eigenvalue weighted by atomic mass is 9.86. The highest BCUT2D eigenvalue weighted by molar-refractivity contribution is 5.76. The van der Waals surface area contributed by atoms with Crippen LogP contribution in [0.1, 0.15) is 25.0 Å². The lowest BCUT2D eigenvalue weighted by Crippen LogP contribution is -2.61. The van der Waals surface area contributed by atoms with Crippen LogP contribution >= 0.6 is 0 Å². The number of rotatable bonds is 2. The van der Waals surface area contributed by atoms with E-state index in [-0.39, 0.29) is 11.4 Å². The Morgan fingerprint density at radius 3 is 2.57 bits per heavy atom. The number of nitrogens with zero attached hydrogens (tertiary/aromatic N) is 5. The van der Waals surface area contributed by atoms with Gasteiger partial charge in [-0.15, -0.1) is 0 Å². The number of benzene rings is 1. The smallest absolute Gasteiger partial charge is 0.222 e. The van der Waals surface area contributed by atoms with Gasteiger partial charge in [-0.25, -0.2) is 9.97 Å². The Kier molecular flexibility index (Phi) is 5.06. The molecule has 2 saturated heterocycles. The van der Waals surface area contributed by atoms with Crippen LogP contribution < -0.4 is 4.90 Å². The van der Waals surface area contributed by atoms with Crippen LogP contribution in [0.15, 0.2) is 36.4 Å². The molecule has 1 spiro atoms. The number of hydrogen-bond donors (Lipinski definition) is 0. The molecular formula is C22H29N5O. The standard InChI is InChI=1S/C22H29N5O/c1-17-15-19(24-21(23-17)18-7-5-4-6-8-18)27-14-13-26(3)22(16-27)10-9-20(28)25(2)12-11-22/h4-8,15H,9-14,16H2,1-3H3. The van der Waals surface area contributed by atoms with E-state index >= 15 is 0 Å². The lowest BCUT2D eigenvalue weighted by molar-refractivity contribution is -0.129. The van der Waals surface area contributed by atoms with Gasteiger partial charge < -0.3 is 9.80 Å². The van der Waals surface area contributed by atoms with Gasteiger partial charge in [0.05, 0.1) is 0 Å². The molecule has 2 aromatic rings. The first-order valence-corrected chi connectivity index (χ1v) is 10.1. The molecule has 1 amide bonds. The molecule has 148 valence electrons. The summed E-state index contributed by atoms with van der Waals surface area (Å²) in [6, 6.07) is 12.2. The van der Waals surface area contributed by atoms with Crippen LogP contribution in [0, 0.1) is 6.92 Å². The fourth-order valence-electron chi connectivity index (χ4n) is 4.38. The van der Waals surface area contributed by atoms with Crippen molar-refractivity contribution in [2.75, 3.05) is 45.2 Å². The Bertz CT molecular complexity index is 855. The zero-order valence-electron chi connectivity index (χ0n) is 17.1. The molecule has 1 atom stereocenters. The number of amides is 1. The number of aryl methyl sites for hydroxylation is 1. The summed E-state index contributed by atoms with van der Waals surface area (Å²) in [7, 11) is 4.12. The van der Waals surface area contributed by atoms with Crippen molar-refractivity contribution >= 4 is 11.7 Å². The maximum absolute atomic E-state index is 12.2. The first-order chi connectivity index (χ1) is 13.5. The summed E-state index contributed by atoms with van der Waals surface area (Å²) in [6.45, 7) is 5.65. The minimum absolute atomic E-state index is 0.0183. The molecule has 0 saturated carbocycles. The maximum atomic E-state index is 12.2. The third kappa shape index (κ3) is 3.61. The summed E-state index contributed by atoms with van der Waals surface area (Å²) >= 11 is 0. The summed E-state index contributed by atoms with van der Waals surface area (Å²) in [5, 5.41) is 0. The van der Waals surface area contributed by atoms with E-state index < -0.39 is 0 Å². The molecule has 2 aliphatic rings. The van der Waals surface area contributed by atoms with E-state index in [2.05, 4.69) is 40.0 Å². The van der Waals surface area contributed by atoms with Crippen molar-refractivity contribution in [3.8, 4) is 11.4 Å². The number of likely N-dealkylation sites (N-methyl/N-ethyl adjacent to an activating group) is 1. The zero-order chi connectivity index (χ0) is 19.7. The van der Waals surface area contributed by atoms with Gasteiger partial charge in [0.2, 0.25) is 5.91 Å². The first kappa shape index (κ1) is 18.9. The van der Waals surface area contributed by atoms with Gasteiger partial charge in [-0.05, 0) is 26.8 Å². The molecule has 2 fully saturated rings. The number of likely N-dealkylation sites (tertiary alicyclic amines) is 1. The van der Waals surface area contributed by atoms with Crippen molar-refractivity contribution in [1.82, 2.24) is 19.8 Å². The van der Waals surface area contributed by atoms with Crippen molar-refractivity contribution in [3.05, 3.63) is 42.1 Å². The largest absolute Gasteiger partial charge is 0.353 e. The fourth-order valence-corrected chi connectivity index (χ4v) is 4.38. The average Bonchev–Trinajstić information content (AvgIpc) is 2.85. The molecule has 1 unspecified atom stereocenters. The minimum atomic E-state index is 0.0183. The second-order valence-corrected chi connectivity index (χ2v) is 8.19. The van der Waals surface area contributed by atoms with Crippen molar-refractivity contribution in [2.24, 2.45) is 0 Å². The molecule has 3 heterocycles. The van der Waals surface area contributed by atoms with E-state index in [1.807, 2.05) is 37.1 Å². The molecule has 4 rings (SSSR count). The van der Waals surface area contributed by atoms with Crippen LogP contribution in [0.2, 0.25) is 0 Å². The van der Waals surface area contributed by atoms with E-state index in [9.17, 15) is 4.79 Å². The first-order valence-electron chi connectivity index (χ1n) is 10.1. The molecule has 28 heavy (non-hydrogen) atoms. The minimum Gasteiger partial charge on any atom is -0.353 e. The fraction of sp³-hybridized carbons (Fsp3) is 0.500. The number of carbonyl (C=O) groups excluding carboxylic acids is 1. The van der Waals surface area contributed by atoms with Crippen molar-refractivity contribution < 1.29 is 4.79 Å². The van der Waals surface area contributed by atoms with Crippen molar-refractivity contribution in [2.45, 2.75) is 31.7 Å². The molecule has 0 aliphatic carbocycles. The predicted octanol–water partition coefficient (Wildman–Crippen LogP) is 2.58. The molecule has 0 N–H and O–H groups in total. The lowest BCUT2D eigenvalue weighted by Gasteiger charge is -2.49. The number of hydrogen-bond acceptors (Lipinski definition) is 5. The second-order valence-electron chi connectivity index (χ2n) is 8.19. The van der Waals surface area contributed by atoms with E-state index in [0.29, 0.717) is 6.42 Å². The van der Waals surface area contributed by atoms with E-state index in [4.69, 9.17) is 4.98 Å². The van der Waals surface area contributed by atoms with Gasteiger partial charge in [0.25, 0.3) is 0 Å². The van der Waals surface area contributed by atoms with Crippen LogP contribution in [0.5, 0.6) is 0 Å². The van der Waals surface area contributed by atoms with Crippen molar-refractivity contribution in [3.63, 3.8) is 0 Å². The molecule has 1 aromatic heterocycles. The Hall–Kier alpha value is -2.47. The number of anilines is 1. The Labute approximate surface area is 167 Å². The maximum Gasteiger partial charge on any atom is 0.222 e. The van der Waals surface area contributed by atoms with Crippen LogP contribution in [-0.4, -0.2) is 71.5 Å². The molecule has 6 heteroatoms. The highest BCUT2D eigenvalue weighted by Crippen LogP contribution is 2.33. The Balaban J connectivity index is 1.63. The Morgan fingerprint density at radius 1 is 1.00 bits per heavy atom. The molecule has 6 nitrogen and oxygen atoms in total. The van der Waals surface area contributed by atoms with Gasteiger partial charge in [-0.3, -0.25) is 9.69 Å². The quantitative estimate of drug-likeness (QED) is 0.803. The van der Waals surface area contributed by atoms with Crippen LogP contribution in [0.25, 0.3) is 11.4 Å².